The van der Waals surface area contributed by atoms with Gasteiger partial charge in [-0.3, -0.25) is 9.59 Å². The summed E-state index contributed by atoms with van der Waals surface area (Å²) >= 11 is 0. The number of hydrogen-bond donors (Lipinski definition) is 2. The molecule has 2 aromatic rings. The second-order valence-corrected chi connectivity index (χ2v) is 6.40. The van der Waals surface area contributed by atoms with Crippen molar-refractivity contribution in [2.45, 2.75) is 27.7 Å². The first-order chi connectivity index (χ1) is 11.8. The maximum atomic E-state index is 12.5. The Morgan fingerprint density at radius 2 is 1.84 bits per heavy atom. The molecule has 0 heterocycles. The molecule has 0 spiro atoms. The van der Waals surface area contributed by atoms with Gasteiger partial charge in [-0.25, -0.2) is 0 Å². The van der Waals surface area contributed by atoms with Gasteiger partial charge in [0, 0.05) is 23.9 Å². The maximum absolute atomic E-state index is 12.5. The van der Waals surface area contributed by atoms with Crippen molar-refractivity contribution < 1.29 is 14.3 Å². The summed E-state index contributed by atoms with van der Waals surface area (Å²) in [6.45, 7) is 8.09. The third-order valence-electron chi connectivity index (χ3n) is 3.49. The first-order valence-corrected chi connectivity index (χ1v) is 8.27. The summed E-state index contributed by atoms with van der Waals surface area (Å²) in [4.78, 5) is 23.7. The van der Waals surface area contributed by atoms with Crippen LogP contribution in [-0.4, -0.2) is 18.4 Å². The zero-order valence-corrected chi connectivity index (χ0v) is 15.1. The van der Waals surface area contributed by atoms with E-state index in [0.717, 1.165) is 5.56 Å². The number of benzene rings is 2. The molecule has 0 unspecified atom stereocenters. The van der Waals surface area contributed by atoms with Gasteiger partial charge in [-0.1, -0.05) is 26.0 Å². The van der Waals surface area contributed by atoms with Crippen molar-refractivity contribution in [1.82, 2.24) is 0 Å². The Morgan fingerprint density at radius 1 is 1.08 bits per heavy atom. The maximum Gasteiger partial charge on any atom is 0.255 e. The zero-order valence-electron chi connectivity index (χ0n) is 15.1. The van der Waals surface area contributed by atoms with Crippen LogP contribution in [0.25, 0.3) is 0 Å². The van der Waals surface area contributed by atoms with E-state index in [1.54, 1.807) is 30.3 Å². The molecule has 0 saturated heterocycles. The minimum absolute atomic E-state index is 0.151. The van der Waals surface area contributed by atoms with Gasteiger partial charge < -0.3 is 15.4 Å². The third kappa shape index (κ3) is 5.64. The van der Waals surface area contributed by atoms with E-state index in [2.05, 4.69) is 24.5 Å². The molecule has 0 radical (unpaired) electrons. The van der Waals surface area contributed by atoms with E-state index in [4.69, 9.17) is 4.74 Å². The van der Waals surface area contributed by atoms with Gasteiger partial charge in [0.2, 0.25) is 5.91 Å². The highest BCUT2D eigenvalue weighted by Gasteiger charge is 2.09. The fourth-order valence-corrected chi connectivity index (χ4v) is 2.22. The Hall–Kier alpha value is -2.82. The molecule has 0 fully saturated rings. The quantitative estimate of drug-likeness (QED) is 0.826. The van der Waals surface area contributed by atoms with Crippen LogP contribution in [0.4, 0.5) is 11.4 Å². The highest BCUT2D eigenvalue weighted by molar-refractivity contribution is 6.05. The predicted molar refractivity (Wildman–Crippen MR) is 100 cm³/mol. The summed E-state index contributed by atoms with van der Waals surface area (Å²) in [6, 6.07) is 12.5. The predicted octanol–water partition coefficient (Wildman–Crippen LogP) is 4.24. The lowest BCUT2D eigenvalue weighted by atomic mass is 10.1. The van der Waals surface area contributed by atoms with E-state index >= 15 is 0 Å². The molecule has 0 aliphatic heterocycles. The van der Waals surface area contributed by atoms with Gasteiger partial charge in [0.05, 0.1) is 6.61 Å². The van der Waals surface area contributed by atoms with Gasteiger partial charge in [-0.2, -0.15) is 0 Å². The van der Waals surface area contributed by atoms with Crippen LogP contribution in [0.5, 0.6) is 5.75 Å². The van der Waals surface area contributed by atoms with Crippen LogP contribution >= 0.6 is 0 Å². The van der Waals surface area contributed by atoms with E-state index in [-0.39, 0.29) is 11.8 Å². The molecule has 2 N–H and O–H groups in total. The first-order valence-electron chi connectivity index (χ1n) is 8.27. The summed E-state index contributed by atoms with van der Waals surface area (Å²) in [6.07, 6.45) is 0. The molecule has 0 atom stereocenters. The van der Waals surface area contributed by atoms with E-state index in [9.17, 15) is 9.59 Å². The third-order valence-corrected chi connectivity index (χ3v) is 3.49. The number of carbonyl (C=O) groups is 2. The minimum Gasteiger partial charge on any atom is -0.493 e. The summed E-state index contributed by atoms with van der Waals surface area (Å²) in [7, 11) is 0. The van der Waals surface area contributed by atoms with E-state index in [1.807, 2.05) is 19.1 Å². The van der Waals surface area contributed by atoms with Gasteiger partial charge >= 0.3 is 0 Å². The SMILES string of the molecule is CC(=O)Nc1cc(NC(=O)c2cccc(OCC(C)C)c2)ccc1C. The van der Waals surface area contributed by atoms with E-state index < -0.39 is 0 Å². The largest absolute Gasteiger partial charge is 0.493 e. The molecule has 5 nitrogen and oxygen atoms in total. The van der Waals surface area contributed by atoms with Gasteiger partial charge in [0.1, 0.15) is 5.75 Å². The highest BCUT2D eigenvalue weighted by Crippen LogP contribution is 2.21. The second kappa shape index (κ2) is 8.33. The number of rotatable bonds is 6. The molecule has 0 aliphatic rings. The molecule has 0 aliphatic carbocycles. The zero-order chi connectivity index (χ0) is 18.4. The van der Waals surface area contributed by atoms with Crippen LogP contribution in [0.15, 0.2) is 42.5 Å². The first kappa shape index (κ1) is 18.5. The fourth-order valence-electron chi connectivity index (χ4n) is 2.22. The number of carbonyl (C=O) groups excluding carboxylic acids is 2. The second-order valence-electron chi connectivity index (χ2n) is 6.40. The Bertz CT molecular complexity index is 769. The van der Waals surface area contributed by atoms with Crippen molar-refractivity contribution >= 4 is 23.2 Å². The molecular weight excluding hydrogens is 316 g/mol. The van der Waals surface area contributed by atoms with Crippen LogP contribution in [0.3, 0.4) is 0 Å². The summed E-state index contributed by atoms with van der Waals surface area (Å²) < 4.78 is 5.66. The topological polar surface area (TPSA) is 67.4 Å². The van der Waals surface area contributed by atoms with Gasteiger partial charge in [0.15, 0.2) is 0 Å². The fraction of sp³-hybridized carbons (Fsp3) is 0.300. The Balaban J connectivity index is 2.11. The lowest BCUT2D eigenvalue weighted by Crippen LogP contribution is -2.13. The van der Waals surface area contributed by atoms with E-state index in [0.29, 0.717) is 35.2 Å². The number of hydrogen-bond acceptors (Lipinski definition) is 3. The number of amides is 2. The summed E-state index contributed by atoms with van der Waals surface area (Å²) in [5.41, 5.74) is 2.74. The lowest BCUT2D eigenvalue weighted by Gasteiger charge is -2.12. The monoisotopic (exact) mass is 340 g/mol. The highest BCUT2D eigenvalue weighted by atomic mass is 16.5. The standard InChI is InChI=1S/C20H24N2O3/c1-13(2)12-25-18-7-5-6-16(10-18)20(24)22-17-9-8-14(3)19(11-17)21-15(4)23/h5-11,13H,12H2,1-4H3,(H,21,23)(H,22,24). The van der Waals surface area contributed by atoms with Crippen LogP contribution < -0.4 is 15.4 Å². The molecule has 0 saturated carbocycles. The molecule has 132 valence electrons. The molecule has 0 bridgehead atoms. The average molecular weight is 340 g/mol. The van der Waals surface area contributed by atoms with Crippen molar-refractivity contribution in [1.29, 1.82) is 0 Å². The molecular formula is C20H24N2O3. The Kier molecular flexibility index (Phi) is 6.17. The normalized spacial score (nSPS) is 10.4. The van der Waals surface area contributed by atoms with Crippen LogP contribution in [0.2, 0.25) is 0 Å². The Morgan fingerprint density at radius 3 is 2.52 bits per heavy atom. The Labute approximate surface area is 148 Å². The van der Waals surface area contributed by atoms with Gasteiger partial charge in [0.25, 0.3) is 5.91 Å². The number of anilines is 2. The number of nitrogens with one attached hydrogen (secondary N) is 2. The number of aryl methyl sites for hydroxylation is 1. The van der Waals surface area contributed by atoms with Crippen molar-refractivity contribution in [3.63, 3.8) is 0 Å². The van der Waals surface area contributed by atoms with E-state index in [1.165, 1.54) is 6.92 Å². The van der Waals surface area contributed by atoms with Crippen LogP contribution in [0, 0.1) is 12.8 Å². The summed E-state index contributed by atoms with van der Waals surface area (Å²) in [5.74, 6) is 0.704. The average Bonchev–Trinajstić information content (AvgIpc) is 2.56. The smallest absolute Gasteiger partial charge is 0.255 e. The molecule has 2 aromatic carbocycles. The van der Waals surface area contributed by atoms with Crippen molar-refractivity contribution in [2.75, 3.05) is 17.2 Å². The lowest BCUT2D eigenvalue weighted by molar-refractivity contribution is -0.114. The number of ether oxygens (including phenoxy) is 1. The van der Waals surface area contributed by atoms with Crippen molar-refractivity contribution in [3.8, 4) is 5.75 Å². The van der Waals surface area contributed by atoms with Gasteiger partial charge in [-0.05, 0) is 48.7 Å². The summed E-state index contributed by atoms with van der Waals surface area (Å²) in [5, 5.41) is 5.60. The molecule has 0 aromatic heterocycles. The van der Waals surface area contributed by atoms with Gasteiger partial charge in [-0.15, -0.1) is 0 Å². The van der Waals surface area contributed by atoms with Crippen LogP contribution in [0.1, 0.15) is 36.7 Å². The molecule has 25 heavy (non-hydrogen) atoms. The molecule has 5 heteroatoms. The molecule has 2 rings (SSSR count). The van der Waals surface area contributed by atoms with Crippen LogP contribution in [-0.2, 0) is 4.79 Å². The van der Waals surface area contributed by atoms with Crippen molar-refractivity contribution in [3.05, 3.63) is 53.6 Å². The van der Waals surface area contributed by atoms with Crippen molar-refractivity contribution in [2.24, 2.45) is 5.92 Å². The molecule has 2 amide bonds. The minimum atomic E-state index is -0.229.